The van der Waals surface area contributed by atoms with Crippen molar-refractivity contribution in [1.29, 1.82) is 0 Å². The topological polar surface area (TPSA) is 110 Å². The maximum absolute atomic E-state index is 10.8. The Morgan fingerprint density at radius 3 is 3.00 bits per heavy atom. The molecule has 23 heavy (non-hydrogen) atoms. The van der Waals surface area contributed by atoms with Crippen molar-refractivity contribution in [2.75, 3.05) is 24.1 Å². The fraction of sp³-hybridized carbons (Fsp3) is 0.333. The van der Waals surface area contributed by atoms with Gasteiger partial charge in [0.25, 0.3) is 0 Å². The number of hydrogen-bond donors (Lipinski definition) is 2. The summed E-state index contributed by atoms with van der Waals surface area (Å²) in [6.45, 7) is 5.11. The van der Waals surface area contributed by atoms with Gasteiger partial charge in [-0.05, 0) is 30.2 Å². The summed E-state index contributed by atoms with van der Waals surface area (Å²) in [6.07, 6.45) is 2.06. The third-order valence-corrected chi connectivity index (χ3v) is 4.03. The van der Waals surface area contributed by atoms with Crippen LogP contribution in [0.25, 0.3) is 0 Å². The van der Waals surface area contributed by atoms with Crippen LogP contribution in [0.4, 0.5) is 23.1 Å². The average molecular weight is 314 g/mol. The highest BCUT2D eigenvalue weighted by molar-refractivity contribution is 5.63. The molecule has 0 bridgehead atoms. The number of hydrogen-bond acceptors (Lipinski definition) is 7. The summed E-state index contributed by atoms with van der Waals surface area (Å²) < 4.78 is 0. The van der Waals surface area contributed by atoms with Gasteiger partial charge in [0.15, 0.2) is 0 Å². The van der Waals surface area contributed by atoms with Crippen molar-refractivity contribution in [3.8, 4) is 0 Å². The average Bonchev–Trinajstić information content (AvgIpc) is 2.54. The summed E-state index contributed by atoms with van der Waals surface area (Å²) in [4.78, 5) is 20.5. The maximum atomic E-state index is 10.8. The van der Waals surface area contributed by atoms with E-state index in [1.54, 1.807) is 0 Å². The lowest BCUT2D eigenvalue weighted by molar-refractivity contribution is -0.384. The van der Waals surface area contributed by atoms with Crippen LogP contribution in [-0.2, 0) is 13.0 Å². The molecule has 0 unspecified atom stereocenters. The molecule has 8 heteroatoms. The van der Waals surface area contributed by atoms with Crippen LogP contribution >= 0.6 is 0 Å². The molecular weight excluding hydrogens is 296 g/mol. The van der Waals surface area contributed by atoms with E-state index in [0.717, 1.165) is 37.9 Å². The molecule has 0 saturated carbocycles. The number of aromatic nitrogens is 2. The molecule has 0 spiro atoms. The Hall–Kier alpha value is -2.74. The summed E-state index contributed by atoms with van der Waals surface area (Å²) in [5, 5.41) is 13.9. The first-order valence-corrected chi connectivity index (χ1v) is 7.45. The van der Waals surface area contributed by atoms with Crippen molar-refractivity contribution in [2.45, 2.75) is 19.9 Å². The zero-order valence-corrected chi connectivity index (χ0v) is 12.8. The summed E-state index contributed by atoms with van der Waals surface area (Å²) in [7, 11) is 0. The van der Waals surface area contributed by atoms with Gasteiger partial charge >= 0.3 is 5.69 Å². The maximum Gasteiger partial charge on any atom is 0.329 e. The Morgan fingerprint density at radius 1 is 1.48 bits per heavy atom. The molecule has 1 aromatic heterocycles. The van der Waals surface area contributed by atoms with E-state index in [0.29, 0.717) is 0 Å². The van der Waals surface area contributed by atoms with Crippen LogP contribution in [0.5, 0.6) is 0 Å². The van der Waals surface area contributed by atoms with Crippen molar-refractivity contribution in [1.82, 2.24) is 14.9 Å². The molecule has 0 fully saturated rings. The molecule has 0 radical (unpaired) electrons. The SMILES string of the molecule is CCN1CCc2c(cccc2Nc2ncc([N+](=O)[O-])c(N)n2)C1. The Labute approximate surface area is 133 Å². The highest BCUT2D eigenvalue weighted by atomic mass is 16.6. The monoisotopic (exact) mass is 314 g/mol. The van der Waals surface area contributed by atoms with Crippen LogP contribution in [0.1, 0.15) is 18.1 Å². The van der Waals surface area contributed by atoms with Gasteiger partial charge in [-0.3, -0.25) is 15.0 Å². The molecule has 2 aromatic rings. The van der Waals surface area contributed by atoms with Gasteiger partial charge in [0, 0.05) is 18.8 Å². The first-order chi connectivity index (χ1) is 11.1. The highest BCUT2D eigenvalue weighted by Gasteiger charge is 2.19. The van der Waals surface area contributed by atoms with Crippen LogP contribution in [0, 0.1) is 10.1 Å². The number of nitrogens with two attached hydrogens (primary N) is 1. The van der Waals surface area contributed by atoms with Crippen LogP contribution < -0.4 is 11.1 Å². The number of nitrogens with one attached hydrogen (secondary N) is 1. The molecule has 0 atom stereocenters. The molecule has 1 aromatic carbocycles. The number of fused-ring (bicyclic) bond motifs is 1. The molecule has 0 amide bonds. The minimum atomic E-state index is -0.594. The second-order valence-corrected chi connectivity index (χ2v) is 5.41. The standard InChI is InChI=1S/C15H18N6O2/c1-2-20-7-6-11-10(9-20)4-3-5-12(11)18-15-17-8-13(21(22)23)14(16)19-15/h3-5,8H,2,6-7,9H2,1H3,(H3,16,17,18,19). The molecule has 0 aliphatic carbocycles. The Bertz CT molecular complexity index is 749. The van der Waals surface area contributed by atoms with Crippen molar-refractivity contribution in [3.05, 3.63) is 45.6 Å². The normalized spacial score (nSPS) is 14.3. The van der Waals surface area contributed by atoms with E-state index in [-0.39, 0.29) is 17.5 Å². The van der Waals surface area contributed by atoms with Crippen LogP contribution in [0.3, 0.4) is 0 Å². The smallest absolute Gasteiger partial charge is 0.329 e. The number of likely N-dealkylation sites (N-methyl/N-ethyl adjacent to an activating group) is 1. The number of anilines is 3. The zero-order chi connectivity index (χ0) is 16.4. The van der Waals surface area contributed by atoms with Gasteiger partial charge in [0.2, 0.25) is 11.8 Å². The third kappa shape index (κ3) is 3.07. The summed E-state index contributed by atoms with van der Waals surface area (Å²) in [6, 6.07) is 6.06. The molecule has 3 N–H and O–H groups in total. The van der Waals surface area contributed by atoms with Crippen LogP contribution in [0.2, 0.25) is 0 Å². The fourth-order valence-electron chi connectivity index (χ4n) is 2.76. The van der Waals surface area contributed by atoms with E-state index in [9.17, 15) is 10.1 Å². The van der Waals surface area contributed by atoms with E-state index in [4.69, 9.17) is 5.73 Å². The molecular formula is C15H18N6O2. The van der Waals surface area contributed by atoms with E-state index in [1.165, 1.54) is 11.1 Å². The zero-order valence-electron chi connectivity index (χ0n) is 12.8. The minimum absolute atomic E-state index is 0.144. The highest BCUT2D eigenvalue weighted by Crippen LogP contribution is 2.28. The molecule has 2 heterocycles. The minimum Gasteiger partial charge on any atom is -0.378 e. The third-order valence-electron chi connectivity index (χ3n) is 4.03. The lowest BCUT2D eigenvalue weighted by Gasteiger charge is -2.29. The predicted molar refractivity (Wildman–Crippen MR) is 87.5 cm³/mol. The van der Waals surface area contributed by atoms with Gasteiger partial charge < -0.3 is 11.1 Å². The lowest BCUT2D eigenvalue weighted by Crippen LogP contribution is -2.30. The first kappa shape index (κ1) is 15.2. The predicted octanol–water partition coefficient (Wildman–Crippen LogP) is 2.09. The summed E-state index contributed by atoms with van der Waals surface area (Å²) in [5.41, 5.74) is 8.76. The second kappa shape index (κ2) is 6.17. The number of nitrogen functional groups attached to an aromatic ring is 1. The first-order valence-electron chi connectivity index (χ1n) is 7.45. The summed E-state index contributed by atoms with van der Waals surface area (Å²) in [5.74, 6) is 0.119. The van der Waals surface area contributed by atoms with Crippen molar-refractivity contribution < 1.29 is 4.92 Å². The lowest BCUT2D eigenvalue weighted by atomic mass is 9.98. The van der Waals surface area contributed by atoms with Gasteiger partial charge in [-0.15, -0.1) is 0 Å². The van der Waals surface area contributed by atoms with Gasteiger partial charge in [0.05, 0.1) is 4.92 Å². The Morgan fingerprint density at radius 2 is 2.30 bits per heavy atom. The number of nitrogens with zero attached hydrogens (tertiary/aromatic N) is 4. The van der Waals surface area contributed by atoms with Gasteiger partial charge in [-0.1, -0.05) is 19.1 Å². The van der Waals surface area contributed by atoms with Gasteiger partial charge in [0.1, 0.15) is 6.20 Å². The second-order valence-electron chi connectivity index (χ2n) is 5.41. The number of rotatable bonds is 4. The number of benzene rings is 1. The van der Waals surface area contributed by atoms with Gasteiger partial charge in [-0.25, -0.2) is 4.98 Å². The van der Waals surface area contributed by atoms with Gasteiger partial charge in [-0.2, -0.15) is 4.98 Å². The van der Waals surface area contributed by atoms with E-state index < -0.39 is 4.92 Å². The quantitative estimate of drug-likeness (QED) is 0.656. The Balaban J connectivity index is 1.87. The molecule has 1 aliphatic rings. The van der Waals surface area contributed by atoms with E-state index in [1.807, 2.05) is 12.1 Å². The van der Waals surface area contributed by atoms with Crippen molar-refractivity contribution in [3.63, 3.8) is 0 Å². The largest absolute Gasteiger partial charge is 0.378 e. The summed E-state index contributed by atoms with van der Waals surface area (Å²) >= 11 is 0. The molecule has 0 saturated heterocycles. The van der Waals surface area contributed by atoms with Crippen LogP contribution in [0.15, 0.2) is 24.4 Å². The molecule has 3 rings (SSSR count). The Kier molecular flexibility index (Phi) is 4.07. The van der Waals surface area contributed by atoms with Crippen LogP contribution in [-0.4, -0.2) is 32.9 Å². The van der Waals surface area contributed by atoms with E-state index >= 15 is 0 Å². The number of nitro groups is 1. The van der Waals surface area contributed by atoms with Crippen molar-refractivity contribution in [2.24, 2.45) is 0 Å². The fourth-order valence-corrected chi connectivity index (χ4v) is 2.76. The molecule has 120 valence electrons. The molecule has 1 aliphatic heterocycles. The van der Waals surface area contributed by atoms with Crippen molar-refractivity contribution >= 4 is 23.1 Å². The molecule has 8 nitrogen and oxygen atoms in total. The van der Waals surface area contributed by atoms with E-state index in [2.05, 4.69) is 33.2 Å².